The fourth-order valence-corrected chi connectivity index (χ4v) is 2.31. The van der Waals surface area contributed by atoms with E-state index >= 15 is 0 Å². The molecule has 0 saturated heterocycles. The van der Waals surface area contributed by atoms with Gasteiger partial charge in [-0.1, -0.05) is 17.7 Å². The van der Waals surface area contributed by atoms with Gasteiger partial charge in [-0.25, -0.2) is 0 Å². The Morgan fingerprint density at radius 3 is 2.71 bits per heavy atom. The predicted molar refractivity (Wildman–Crippen MR) is 70.5 cm³/mol. The molecule has 17 heavy (non-hydrogen) atoms. The van der Waals surface area contributed by atoms with E-state index in [1.165, 1.54) is 5.56 Å². The van der Waals surface area contributed by atoms with Crippen molar-refractivity contribution in [2.45, 2.75) is 24.9 Å². The second-order valence-electron chi connectivity index (χ2n) is 5.00. The van der Waals surface area contributed by atoms with Crippen LogP contribution in [0.25, 0.3) is 0 Å². The number of hydrogen-bond acceptors (Lipinski definition) is 3. The van der Waals surface area contributed by atoms with Crippen LogP contribution in [-0.2, 0) is 6.54 Å². The van der Waals surface area contributed by atoms with Crippen molar-refractivity contribution in [1.29, 1.82) is 0 Å². The number of benzene rings is 1. The van der Waals surface area contributed by atoms with E-state index in [9.17, 15) is 0 Å². The molecule has 94 valence electrons. The maximum absolute atomic E-state index is 6.09. The van der Waals surface area contributed by atoms with Crippen LogP contribution in [0, 0.1) is 0 Å². The summed E-state index contributed by atoms with van der Waals surface area (Å²) in [6.07, 6.45) is 2.28. The summed E-state index contributed by atoms with van der Waals surface area (Å²) in [5.74, 6) is 0.718. The van der Waals surface area contributed by atoms with E-state index in [1.54, 1.807) is 7.11 Å². The second kappa shape index (κ2) is 4.84. The normalized spacial score (nSPS) is 17.2. The van der Waals surface area contributed by atoms with Crippen molar-refractivity contribution in [1.82, 2.24) is 4.90 Å². The third-order valence-electron chi connectivity index (χ3n) is 3.15. The average Bonchev–Trinajstić information content (AvgIpc) is 2.95. The Morgan fingerprint density at radius 1 is 1.47 bits per heavy atom. The first-order chi connectivity index (χ1) is 8.02. The highest BCUT2D eigenvalue weighted by Gasteiger charge is 2.38. The summed E-state index contributed by atoms with van der Waals surface area (Å²) >= 11 is 6.09. The van der Waals surface area contributed by atoms with Gasteiger partial charge in [0.2, 0.25) is 0 Å². The highest BCUT2D eigenvalue weighted by Crippen LogP contribution is 2.33. The smallest absolute Gasteiger partial charge is 0.137 e. The van der Waals surface area contributed by atoms with Gasteiger partial charge in [-0.15, -0.1) is 0 Å². The Bertz CT molecular complexity index is 404. The number of hydrogen-bond donors (Lipinski definition) is 1. The number of ether oxygens (including phenoxy) is 1. The minimum absolute atomic E-state index is 0.0605. The summed E-state index contributed by atoms with van der Waals surface area (Å²) in [6, 6.07) is 5.89. The van der Waals surface area contributed by atoms with Gasteiger partial charge in [0.25, 0.3) is 0 Å². The first-order valence-corrected chi connectivity index (χ1v) is 6.20. The zero-order valence-electron chi connectivity index (χ0n) is 10.4. The summed E-state index contributed by atoms with van der Waals surface area (Å²) in [5, 5.41) is 0.660. The van der Waals surface area contributed by atoms with Crippen LogP contribution >= 0.6 is 11.6 Å². The first-order valence-electron chi connectivity index (χ1n) is 5.82. The van der Waals surface area contributed by atoms with Crippen molar-refractivity contribution in [2.24, 2.45) is 5.73 Å². The maximum Gasteiger partial charge on any atom is 0.137 e. The van der Waals surface area contributed by atoms with Gasteiger partial charge in [-0.05, 0) is 37.6 Å². The summed E-state index contributed by atoms with van der Waals surface area (Å²) in [7, 11) is 3.71. The Hall–Kier alpha value is -0.770. The van der Waals surface area contributed by atoms with Crippen LogP contribution in [0.15, 0.2) is 18.2 Å². The highest BCUT2D eigenvalue weighted by atomic mass is 35.5. The predicted octanol–water partition coefficient (Wildman–Crippen LogP) is 2.27. The molecule has 1 fully saturated rings. The van der Waals surface area contributed by atoms with E-state index < -0.39 is 0 Å². The Morgan fingerprint density at radius 2 is 2.18 bits per heavy atom. The molecule has 4 heteroatoms. The van der Waals surface area contributed by atoms with Crippen molar-refractivity contribution >= 4 is 11.6 Å². The van der Waals surface area contributed by atoms with Gasteiger partial charge >= 0.3 is 0 Å². The van der Waals surface area contributed by atoms with Gasteiger partial charge in [0, 0.05) is 18.6 Å². The molecule has 0 spiro atoms. The molecule has 0 radical (unpaired) electrons. The number of rotatable bonds is 5. The molecular weight excluding hydrogens is 236 g/mol. The molecule has 0 unspecified atom stereocenters. The molecule has 0 aromatic heterocycles. The molecule has 0 heterocycles. The molecule has 1 aromatic carbocycles. The molecule has 1 aliphatic carbocycles. The average molecular weight is 255 g/mol. The summed E-state index contributed by atoms with van der Waals surface area (Å²) < 4.78 is 5.13. The van der Waals surface area contributed by atoms with E-state index in [2.05, 4.69) is 11.9 Å². The number of nitrogens with two attached hydrogens (primary N) is 1. The van der Waals surface area contributed by atoms with E-state index in [0.29, 0.717) is 5.02 Å². The van der Waals surface area contributed by atoms with Crippen molar-refractivity contribution < 1.29 is 4.74 Å². The molecule has 0 amide bonds. The zero-order chi connectivity index (χ0) is 12.5. The third kappa shape index (κ3) is 3.35. The molecule has 1 saturated carbocycles. The summed E-state index contributed by atoms with van der Waals surface area (Å²) in [4.78, 5) is 2.24. The lowest BCUT2D eigenvalue weighted by atomic mass is 10.2. The van der Waals surface area contributed by atoms with E-state index in [0.717, 1.165) is 31.7 Å². The molecule has 1 aromatic rings. The quantitative estimate of drug-likeness (QED) is 0.876. The van der Waals surface area contributed by atoms with E-state index in [4.69, 9.17) is 22.1 Å². The van der Waals surface area contributed by atoms with Gasteiger partial charge in [0.1, 0.15) is 5.75 Å². The molecule has 0 bridgehead atoms. The van der Waals surface area contributed by atoms with Crippen molar-refractivity contribution in [2.75, 3.05) is 20.7 Å². The van der Waals surface area contributed by atoms with Crippen LogP contribution in [0.1, 0.15) is 18.4 Å². The van der Waals surface area contributed by atoms with Crippen LogP contribution in [0.4, 0.5) is 0 Å². The number of halogens is 1. The molecule has 2 N–H and O–H groups in total. The topological polar surface area (TPSA) is 38.5 Å². The van der Waals surface area contributed by atoms with Gasteiger partial charge in [-0.3, -0.25) is 0 Å². The fourth-order valence-electron chi connectivity index (χ4n) is 2.03. The third-order valence-corrected chi connectivity index (χ3v) is 3.44. The van der Waals surface area contributed by atoms with E-state index in [1.807, 2.05) is 18.2 Å². The minimum Gasteiger partial charge on any atom is -0.495 e. The molecule has 0 atom stereocenters. The lowest BCUT2D eigenvalue weighted by molar-refractivity contribution is 0.295. The second-order valence-corrected chi connectivity index (χ2v) is 5.41. The van der Waals surface area contributed by atoms with Gasteiger partial charge in [0.15, 0.2) is 0 Å². The molecule has 0 aliphatic heterocycles. The SMILES string of the molecule is COc1ccc(CN(C)CC2(N)CC2)cc1Cl. The lowest BCUT2D eigenvalue weighted by Gasteiger charge is -2.21. The van der Waals surface area contributed by atoms with Crippen molar-refractivity contribution in [3.63, 3.8) is 0 Å². The van der Waals surface area contributed by atoms with Crippen molar-refractivity contribution in [3.05, 3.63) is 28.8 Å². The number of nitrogens with zero attached hydrogens (tertiary/aromatic N) is 1. The van der Waals surface area contributed by atoms with Crippen LogP contribution in [0.5, 0.6) is 5.75 Å². The van der Waals surface area contributed by atoms with Crippen LogP contribution in [0.3, 0.4) is 0 Å². The van der Waals surface area contributed by atoms with Gasteiger partial charge in [-0.2, -0.15) is 0 Å². The number of likely N-dealkylation sites (N-methyl/N-ethyl adjacent to an activating group) is 1. The Balaban J connectivity index is 1.96. The van der Waals surface area contributed by atoms with Crippen LogP contribution < -0.4 is 10.5 Å². The first kappa shape index (κ1) is 12.7. The van der Waals surface area contributed by atoms with Crippen molar-refractivity contribution in [3.8, 4) is 5.75 Å². The maximum atomic E-state index is 6.09. The molecular formula is C13H19ClN2O. The summed E-state index contributed by atoms with van der Waals surface area (Å²) in [5.41, 5.74) is 7.33. The standard InChI is InChI=1S/C13H19ClN2O/c1-16(9-13(15)5-6-13)8-10-3-4-12(17-2)11(14)7-10/h3-4,7H,5-6,8-9,15H2,1-2H3. The molecule has 2 rings (SSSR count). The minimum atomic E-state index is 0.0605. The largest absolute Gasteiger partial charge is 0.495 e. The molecule has 3 nitrogen and oxygen atoms in total. The Kier molecular flexibility index (Phi) is 3.61. The van der Waals surface area contributed by atoms with Crippen LogP contribution in [0.2, 0.25) is 5.02 Å². The van der Waals surface area contributed by atoms with Gasteiger partial charge < -0.3 is 15.4 Å². The zero-order valence-corrected chi connectivity index (χ0v) is 11.1. The molecule has 1 aliphatic rings. The van der Waals surface area contributed by atoms with Gasteiger partial charge in [0.05, 0.1) is 12.1 Å². The highest BCUT2D eigenvalue weighted by molar-refractivity contribution is 6.32. The lowest BCUT2D eigenvalue weighted by Crippen LogP contribution is -2.36. The van der Waals surface area contributed by atoms with Crippen LogP contribution in [-0.4, -0.2) is 31.1 Å². The summed E-state index contributed by atoms with van der Waals surface area (Å²) in [6.45, 7) is 1.80. The fraction of sp³-hybridized carbons (Fsp3) is 0.538. The van der Waals surface area contributed by atoms with E-state index in [-0.39, 0.29) is 5.54 Å². The monoisotopic (exact) mass is 254 g/mol. The number of methoxy groups -OCH3 is 1. The Labute approximate surface area is 107 Å².